The summed E-state index contributed by atoms with van der Waals surface area (Å²) in [7, 11) is 0. The zero-order valence-corrected chi connectivity index (χ0v) is 18.6. The Morgan fingerprint density at radius 2 is 1.71 bits per heavy atom. The van der Waals surface area contributed by atoms with E-state index in [1.165, 1.54) is 11.3 Å². The molecule has 0 saturated carbocycles. The molecule has 1 aliphatic rings. The largest absolute Gasteiger partial charge is 0.492 e. The van der Waals surface area contributed by atoms with Crippen LogP contribution in [-0.2, 0) is 4.79 Å². The molecule has 1 saturated heterocycles. The molecule has 1 N–H and O–H groups in total. The molecule has 4 rings (SSSR count). The lowest BCUT2D eigenvalue weighted by Crippen LogP contribution is -2.51. The number of nitrogens with one attached hydrogen (secondary N) is 1. The Balaban J connectivity index is 1.20. The Kier molecular flexibility index (Phi) is 7.06. The van der Waals surface area contributed by atoms with Gasteiger partial charge in [0.1, 0.15) is 17.2 Å². The van der Waals surface area contributed by atoms with Crippen LogP contribution in [0.15, 0.2) is 54.6 Å². The van der Waals surface area contributed by atoms with E-state index < -0.39 is 0 Å². The van der Waals surface area contributed by atoms with E-state index in [1.807, 2.05) is 54.6 Å². The van der Waals surface area contributed by atoms with Crippen molar-refractivity contribution in [3.8, 4) is 5.75 Å². The van der Waals surface area contributed by atoms with Crippen LogP contribution in [0.3, 0.4) is 0 Å². The minimum absolute atomic E-state index is 0.0273. The van der Waals surface area contributed by atoms with E-state index in [-0.39, 0.29) is 18.4 Å². The number of carbonyl (C=O) groups is 2. The van der Waals surface area contributed by atoms with E-state index in [4.69, 9.17) is 16.3 Å². The molecule has 1 aromatic heterocycles. The lowest BCUT2D eigenvalue weighted by molar-refractivity contribution is -0.131. The quantitative estimate of drug-likeness (QED) is 0.589. The van der Waals surface area contributed by atoms with Crippen LogP contribution in [0.25, 0.3) is 10.1 Å². The first-order valence-electron chi connectivity index (χ1n) is 10.2. The first-order chi connectivity index (χ1) is 15.1. The molecule has 8 heteroatoms. The number of piperazine rings is 1. The molecule has 1 fully saturated rings. The Bertz CT molecular complexity index is 1050. The van der Waals surface area contributed by atoms with Gasteiger partial charge in [-0.3, -0.25) is 14.5 Å². The van der Waals surface area contributed by atoms with Crippen molar-refractivity contribution < 1.29 is 14.3 Å². The van der Waals surface area contributed by atoms with Crippen LogP contribution in [0.5, 0.6) is 5.75 Å². The summed E-state index contributed by atoms with van der Waals surface area (Å²) >= 11 is 7.69. The number of carbonyl (C=O) groups excluding carboxylic acids is 2. The van der Waals surface area contributed by atoms with Crippen LogP contribution < -0.4 is 10.1 Å². The van der Waals surface area contributed by atoms with Crippen LogP contribution in [0.1, 0.15) is 9.67 Å². The number of nitrogens with zero attached hydrogens (tertiary/aromatic N) is 2. The van der Waals surface area contributed by atoms with Crippen molar-refractivity contribution in [1.29, 1.82) is 0 Å². The third-order valence-corrected chi connectivity index (χ3v) is 6.96. The standard InChI is InChI=1S/C23H24ClN3O3S/c24-21-18-8-4-5-9-19(18)31-22(21)23(29)25-16-20(28)27-12-10-26(11-13-27)14-15-30-17-6-2-1-3-7-17/h1-9H,10-16H2,(H,25,29). The zero-order valence-electron chi connectivity index (χ0n) is 17.1. The second-order valence-corrected chi connectivity index (χ2v) is 8.74. The van der Waals surface area contributed by atoms with Gasteiger partial charge in [-0.15, -0.1) is 11.3 Å². The molecule has 162 valence electrons. The van der Waals surface area contributed by atoms with Gasteiger partial charge < -0.3 is 15.0 Å². The number of rotatable bonds is 7. The fraction of sp³-hybridized carbons (Fsp3) is 0.304. The first-order valence-corrected chi connectivity index (χ1v) is 11.4. The summed E-state index contributed by atoms with van der Waals surface area (Å²) in [5.74, 6) is 0.479. The van der Waals surface area contributed by atoms with Crippen LogP contribution in [-0.4, -0.2) is 67.5 Å². The van der Waals surface area contributed by atoms with Gasteiger partial charge in [0.25, 0.3) is 5.91 Å². The predicted molar refractivity (Wildman–Crippen MR) is 124 cm³/mol. The second-order valence-electron chi connectivity index (χ2n) is 7.31. The van der Waals surface area contributed by atoms with Crippen LogP contribution in [0, 0.1) is 0 Å². The van der Waals surface area contributed by atoms with Crippen molar-refractivity contribution >= 4 is 44.8 Å². The molecule has 0 radical (unpaired) electrons. The summed E-state index contributed by atoms with van der Waals surface area (Å²) in [6.45, 7) is 4.27. The van der Waals surface area contributed by atoms with Crippen molar-refractivity contribution in [3.05, 3.63) is 64.5 Å². The highest BCUT2D eigenvalue weighted by Gasteiger charge is 2.22. The SMILES string of the molecule is O=C(NCC(=O)N1CCN(CCOc2ccccc2)CC1)c1sc2ccccc2c1Cl. The highest BCUT2D eigenvalue weighted by atomic mass is 35.5. The summed E-state index contributed by atoms with van der Waals surface area (Å²) < 4.78 is 6.70. The number of para-hydroxylation sites is 1. The molecule has 0 bridgehead atoms. The smallest absolute Gasteiger partial charge is 0.263 e. The highest BCUT2D eigenvalue weighted by molar-refractivity contribution is 7.21. The molecule has 2 aromatic carbocycles. The fourth-order valence-electron chi connectivity index (χ4n) is 3.54. The van der Waals surface area contributed by atoms with Gasteiger partial charge >= 0.3 is 0 Å². The van der Waals surface area contributed by atoms with Crippen LogP contribution >= 0.6 is 22.9 Å². The maximum absolute atomic E-state index is 12.5. The molecular weight excluding hydrogens is 434 g/mol. The van der Waals surface area contributed by atoms with E-state index in [9.17, 15) is 9.59 Å². The molecule has 2 amide bonds. The number of hydrogen-bond acceptors (Lipinski definition) is 5. The summed E-state index contributed by atoms with van der Waals surface area (Å²) in [5.41, 5.74) is 0. The number of benzene rings is 2. The maximum atomic E-state index is 12.5. The van der Waals surface area contributed by atoms with Crippen molar-refractivity contribution in [2.24, 2.45) is 0 Å². The molecule has 6 nitrogen and oxygen atoms in total. The van der Waals surface area contributed by atoms with Gasteiger partial charge in [0, 0.05) is 42.8 Å². The van der Waals surface area contributed by atoms with Gasteiger partial charge in [-0.05, 0) is 18.2 Å². The predicted octanol–water partition coefficient (Wildman–Crippen LogP) is 3.51. The van der Waals surface area contributed by atoms with Crippen LogP contribution in [0.2, 0.25) is 5.02 Å². The fourth-order valence-corrected chi connectivity index (χ4v) is 4.97. The number of fused-ring (bicyclic) bond motifs is 1. The molecule has 0 spiro atoms. The van der Waals surface area contributed by atoms with E-state index in [0.717, 1.165) is 35.5 Å². The Labute approximate surface area is 190 Å². The molecule has 31 heavy (non-hydrogen) atoms. The number of thiophene rings is 1. The number of halogens is 1. The maximum Gasteiger partial charge on any atom is 0.263 e. The highest BCUT2D eigenvalue weighted by Crippen LogP contribution is 2.34. The number of ether oxygens (including phenoxy) is 1. The third kappa shape index (κ3) is 5.36. The second kappa shape index (κ2) is 10.1. The average molecular weight is 458 g/mol. The zero-order chi connectivity index (χ0) is 21.6. The van der Waals surface area contributed by atoms with Gasteiger partial charge in [-0.1, -0.05) is 48.0 Å². The normalized spacial score (nSPS) is 14.5. The summed E-state index contributed by atoms with van der Waals surface area (Å²) in [6, 6.07) is 17.4. The molecule has 0 atom stereocenters. The number of amides is 2. The van der Waals surface area contributed by atoms with Gasteiger partial charge in [-0.25, -0.2) is 0 Å². The molecule has 1 aliphatic heterocycles. The van der Waals surface area contributed by atoms with Gasteiger partial charge in [-0.2, -0.15) is 0 Å². The van der Waals surface area contributed by atoms with E-state index >= 15 is 0 Å². The molecule has 0 aliphatic carbocycles. The number of hydrogen-bond donors (Lipinski definition) is 1. The van der Waals surface area contributed by atoms with E-state index in [0.29, 0.717) is 29.6 Å². The first kappa shape index (κ1) is 21.6. The van der Waals surface area contributed by atoms with E-state index in [1.54, 1.807) is 4.90 Å². The van der Waals surface area contributed by atoms with Crippen molar-refractivity contribution in [2.45, 2.75) is 0 Å². The van der Waals surface area contributed by atoms with Gasteiger partial charge in [0.2, 0.25) is 5.91 Å². The molecule has 2 heterocycles. The average Bonchev–Trinajstić information content (AvgIpc) is 3.15. The van der Waals surface area contributed by atoms with Gasteiger partial charge in [0.05, 0.1) is 11.6 Å². The summed E-state index contributed by atoms with van der Waals surface area (Å²) in [5, 5.41) is 4.02. The van der Waals surface area contributed by atoms with E-state index in [2.05, 4.69) is 10.2 Å². The van der Waals surface area contributed by atoms with Gasteiger partial charge in [0.15, 0.2) is 0 Å². The Hall–Kier alpha value is -2.61. The topological polar surface area (TPSA) is 61.9 Å². The molecular formula is C23H24ClN3O3S. The molecule has 3 aromatic rings. The van der Waals surface area contributed by atoms with Crippen molar-refractivity contribution in [2.75, 3.05) is 45.9 Å². The summed E-state index contributed by atoms with van der Waals surface area (Å²) in [4.78, 5) is 29.6. The Morgan fingerprint density at radius 1 is 1.00 bits per heavy atom. The molecule has 0 unspecified atom stereocenters. The van der Waals surface area contributed by atoms with Crippen molar-refractivity contribution in [3.63, 3.8) is 0 Å². The summed E-state index contributed by atoms with van der Waals surface area (Å²) in [6.07, 6.45) is 0. The Morgan fingerprint density at radius 3 is 2.45 bits per heavy atom. The lowest BCUT2D eigenvalue weighted by atomic mass is 10.2. The minimum atomic E-state index is -0.309. The third-order valence-electron chi connectivity index (χ3n) is 5.29. The van der Waals surface area contributed by atoms with Crippen molar-refractivity contribution in [1.82, 2.24) is 15.1 Å². The van der Waals surface area contributed by atoms with Crippen LogP contribution in [0.4, 0.5) is 0 Å². The lowest BCUT2D eigenvalue weighted by Gasteiger charge is -2.34. The monoisotopic (exact) mass is 457 g/mol. The minimum Gasteiger partial charge on any atom is -0.492 e.